The molecule has 2 fully saturated rings. The fraction of sp³-hybridized carbons (Fsp3) is 0.387. The molecule has 1 aromatic heterocycles. The van der Waals surface area contributed by atoms with Crippen LogP contribution in [0, 0.1) is 0 Å². The van der Waals surface area contributed by atoms with E-state index in [1.807, 2.05) is 29.2 Å². The summed E-state index contributed by atoms with van der Waals surface area (Å²) in [7, 11) is 0. The van der Waals surface area contributed by atoms with E-state index in [2.05, 4.69) is 20.2 Å². The number of rotatable bonds is 8. The highest BCUT2D eigenvalue weighted by Gasteiger charge is 2.31. The summed E-state index contributed by atoms with van der Waals surface area (Å²) in [5, 5.41) is 3.26. The fourth-order valence-corrected chi connectivity index (χ4v) is 5.69. The third kappa shape index (κ3) is 7.27. The molecule has 1 saturated heterocycles. The lowest BCUT2D eigenvalue weighted by molar-refractivity contribution is -0.137. The van der Waals surface area contributed by atoms with Crippen LogP contribution in [0.5, 0.6) is 0 Å². The zero-order chi connectivity index (χ0) is 28.0. The minimum atomic E-state index is -4.39. The van der Waals surface area contributed by atoms with Crippen molar-refractivity contribution in [3.63, 3.8) is 0 Å². The summed E-state index contributed by atoms with van der Waals surface area (Å²) < 4.78 is 38.8. The van der Waals surface area contributed by atoms with Crippen LogP contribution in [-0.2, 0) is 17.5 Å². The molecule has 0 bridgehead atoms. The zero-order valence-electron chi connectivity index (χ0n) is 22.4. The molecule has 9 heteroatoms. The Bertz CT molecular complexity index is 1270. The number of aromatic nitrogens is 2. The minimum absolute atomic E-state index is 0.0988. The van der Waals surface area contributed by atoms with Gasteiger partial charge in [0.15, 0.2) is 0 Å². The largest absolute Gasteiger partial charge is 0.416 e. The Kier molecular flexibility index (Phi) is 8.79. The van der Waals surface area contributed by atoms with Crippen molar-refractivity contribution in [2.24, 2.45) is 0 Å². The highest BCUT2D eigenvalue weighted by molar-refractivity contribution is 5.92. The van der Waals surface area contributed by atoms with E-state index in [1.54, 1.807) is 18.5 Å². The molecule has 0 spiro atoms. The van der Waals surface area contributed by atoms with Gasteiger partial charge in [-0.2, -0.15) is 13.2 Å². The van der Waals surface area contributed by atoms with Crippen LogP contribution >= 0.6 is 0 Å². The number of piperidine rings is 1. The summed E-state index contributed by atoms with van der Waals surface area (Å²) >= 11 is 0. The van der Waals surface area contributed by atoms with Gasteiger partial charge in [-0.25, -0.2) is 9.97 Å². The molecule has 0 unspecified atom stereocenters. The second kappa shape index (κ2) is 12.6. The predicted octanol–water partition coefficient (Wildman–Crippen LogP) is 6.69. The van der Waals surface area contributed by atoms with Crippen molar-refractivity contribution in [1.29, 1.82) is 0 Å². The molecule has 5 rings (SSSR count). The molecule has 1 amide bonds. The van der Waals surface area contributed by atoms with E-state index in [1.165, 1.54) is 50.2 Å². The van der Waals surface area contributed by atoms with Gasteiger partial charge in [-0.1, -0.05) is 37.1 Å². The van der Waals surface area contributed by atoms with Crippen molar-refractivity contribution >= 4 is 23.4 Å². The lowest BCUT2D eigenvalue weighted by Crippen LogP contribution is -2.48. The number of nitrogens with zero attached hydrogens (tertiary/aromatic N) is 4. The van der Waals surface area contributed by atoms with E-state index in [0.29, 0.717) is 18.2 Å². The van der Waals surface area contributed by atoms with E-state index in [-0.39, 0.29) is 11.9 Å². The third-order valence-corrected chi connectivity index (χ3v) is 7.88. The van der Waals surface area contributed by atoms with Crippen LogP contribution in [0.2, 0.25) is 0 Å². The predicted molar refractivity (Wildman–Crippen MR) is 150 cm³/mol. The van der Waals surface area contributed by atoms with Crippen molar-refractivity contribution in [3.8, 4) is 0 Å². The van der Waals surface area contributed by atoms with Crippen LogP contribution in [0.25, 0.3) is 6.08 Å². The Hall–Kier alpha value is -3.72. The summed E-state index contributed by atoms with van der Waals surface area (Å²) in [5.74, 6) is -0.136. The van der Waals surface area contributed by atoms with E-state index >= 15 is 0 Å². The van der Waals surface area contributed by atoms with Crippen LogP contribution in [-0.4, -0.2) is 50.8 Å². The molecule has 0 radical (unpaired) electrons. The van der Waals surface area contributed by atoms with Gasteiger partial charge in [0.25, 0.3) is 0 Å². The average molecular weight is 550 g/mol. The van der Waals surface area contributed by atoms with Gasteiger partial charge >= 0.3 is 6.18 Å². The lowest BCUT2D eigenvalue weighted by atomic mass is 9.99. The molecule has 1 aliphatic carbocycles. The molecular weight excluding hydrogens is 515 g/mol. The number of likely N-dealkylation sites (tertiary alicyclic amines) is 1. The number of hydrogen-bond acceptors (Lipinski definition) is 5. The number of carbonyl (C=O) groups excluding carboxylic acids is 1. The van der Waals surface area contributed by atoms with Crippen LogP contribution in [0.1, 0.15) is 55.2 Å². The van der Waals surface area contributed by atoms with Crippen molar-refractivity contribution in [2.75, 3.05) is 18.4 Å². The Morgan fingerprint density at radius 1 is 0.925 bits per heavy atom. The van der Waals surface area contributed by atoms with Gasteiger partial charge in [0.05, 0.1) is 23.6 Å². The number of hydrogen-bond donors (Lipinski definition) is 1. The Balaban J connectivity index is 1.28. The topological polar surface area (TPSA) is 61.4 Å². The maximum atomic E-state index is 13.5. The SMILES string of the molecule is O=C(/C=C/c1ccc(C(F)(F)F)cc1)N(Cc1ccc(Nc2cncnc2)cc1)C1CCN(C2CCCC2)CC1. The van der Waals surface area contributed by atoms with Gasteiger partial charge in [0.1, 0.15) is 6.33 Å². The fourth-order valence-electron chi connectivity index (χ4n) is 5.69. The van der Waals surface area contributed by atoms with E-state index in [0.717, 1.165) is 55.0 Å². The van der Waals surface area contributed by atoms with Crippen molar-refractivity contribution in [2.45, 2.75) is 63.3 Å². The molecule has 2 aromatic carbocycles. The number of halogens is 3. The summed E-state index contributed by atoms with van der Waals surface area (Å²) in [4.78, 5) is 26.0. The molecule has 2 aliphatic rings. The summed E-state index contributed by atoms with van der Waals surface area (Å²) in [6.07, 6.45) is 10.5. The van der Waals surface area contributed by atoms with Crippen LogP contribution < -0.4 is 5.32 Å². The van der Waals surface area contributed by atoms with E-state index in [4.69, 9.17) is 0 Å². The van der Waals surface area contributed by atoms with Crippen LogP contribution in [0.15, 0.2) is 73.3 Å². The van der Waals surface area contributed by atoms with Gasteiger partial charge in [0, 0.05) is 43.5 Å². The monoisotopic (exact) mass is 549 g/mol. The molecule has 40 heavy (non-hydrogen) atoms. The molecule has 1 saturated carbocycles. The average Bonchev–Trinajstić information content (AvgIpc) is 3.51. The summed E-state index contributed by atoms with van der Waals surface area (Å²) in [6, 6.07) is 13.6. The first kappa shape index (κ1) is 27.8. The maximum absolute atomic E-state index is 13.5. The number of amides is 1. The first-order valence-corrected chi connectivity index (χ1v) is 13.9. The van der Waals surface area contributed by atoms with Gasteiger partial charge < -0.3 is 15.1 Å². The second-order valence-electron chi connectivity index (χ2n) is 10.6. The Labute approximate surface area is 232 Å². The molecule has 2 heterocycles. The smallest absolute Gasteiger partial charge is 0.353 e. The highest BCUT2D eigenvalue weighted by Crippen LogP contribution is 2.30. The lowest BCUT2D eigenvalue weighted by Gasteiger charge is -2.40. The number of carbonyl (C=O) groups is 1. The standard InChI is InChI=1S/C31H34F3N5O/c32-31(33,34)25-10-5-23(6-11-25)9-14-30(40)39(29-15-17-38(18-16-29)28-3-1-2-4-28)21-24-7-12-26(13-8-24)37-27-19-35-22-36-20-27/h5-14,19-20,22,28-29,37H,1-4,15-18,21H2/b14-9+. The summed E-state index contributed by atoms with van der Waals surface area (Å²) in [6.45, 7) is 2.41. The zero-order valence-corrected chi connectivity index (χ0v) is 22.4. The normalized spacial score (nSPS) is 17.4. The molecule has 1 N–H and O–H groups in total. The van der Waals surface area contributed by atoms with Crippen molar-refractivity contribution in [3.05, 3.63) is 90.0 Å². The molecule has 3 aromatic rings. The van der Waals surface area contributed by atoms with E-state index in [9.17, 15) is 18.0 Å². The second-order valence-corrected chi connectivity index (χ2v) is 10.6. The number of nitrogens with one attached hydrogen (secondary N) is 1. The molecule has 0 atom stereocenters. The van der Waals surface area contributed by atoms with Crippen molar-refractivity contribution in [1.82, 2.24) is 19.8 Å². The Morgan fingerprint density at radius 3 is 2.20 bits per heavy atom. The summed E-state index contributed by atoms with van der Waals surface area (Å²) in [5.41, 5.74) is 2.53. The maximum Gasteiger partial charge on any atom is 0.416 e. The third-order valence-electron chi connectivity index (χ3n) is 7.88. The minimum Gasteiger partial charge on any atom is -0.353 e. The quantitative estimate of drug-likeness (QED) is 0.317. The number of benzene rings is 2. The highest BCUT2D eigenvalue weighted by atomic mass is 19.4. The Morgan fingerprint density at radius 2 is 1.57 bits per heavy atom. The number of anilines is 2. The van der Waals surface area contributed by atoms with Crippen LogP contribution in [0.3, 0.4) is 0 Å². The van der Waals surface area contributed by atoms with Gasteiger partial charge in [0.2, 0.25) is 5.91 Å². The molecule has 210 valence electrons. The van der Waals surface area contributed by atoms with Gasteiger partial charge in [-0.3, -0.25) is 4.79 Å². The number of alkyl halides is 3. The molecule has 6 nitrogen and oxygen atoms in total. The molecule has 1 aliphatic heterocycles. The first-order chi connectivity index (χ1) is 19.3. The van der Waals surface area contributed by atoms with E-state index < -0.39 is 11.7 Å². The first-order valence-electron chi connectivity index (χ1n) is 13.9. The molecular formula is C31H34F3N5O. The van der Waals surface area contributed by atoms with Gasteiger partial charge in [-0.05, 0) is 67.2 Å². The van der Waals surface area contributed by atoms with Crippen molar-refractivity contribution < 1.29 is 18.0 Å². The van der Waals surface area contributed by atoms with Gasteiger partial charge in [-0.15, -0.1) is 0 Å². The van der Waals surface area contributed by atoms with Crippen LogP contribution in [0.4, 0.5) is 24.5 Å².